The van der Waals surface area contributed by atoms with Gasteiger partial charge in [-0.1, -0.05) is 0 Å². The van der Waals surface area contributed by atoms with Crippen molar-refractivity contribution in [3.63, 3.8) is 0 Å². The monoisotopic (exact) mass is 292 g/mol. The van der Waals surface area contributed by atoms with Crippen molar-refractivity contribution < 1.29 is 14.3 Å². The Hall–Kier alpha value is -1.75. The molecule has 0 bridgehead atoms. The normalized spacial score (nSPS) is 17.2. The van der Waals surface area contributed by atoms with Gasteiger partial charge in [0.25, 0.3) is 0 Å². The van der Waals surface area contributed by atoms with Crippen molar-refractivity contribution in [1.29, 1.82) is 0 Å². The molecule has 0 aromatic heterocycles. The summed E-state index contributed by atoms with van der Waals surface area (Å²) < 4.78 is 10.9. The molecule has 116 valence electrons. The van der Waals surface area contributed by atoms with Crippen LogP contribution in [0.5, 0.6) is 5.75 Å². The highest BCUT2D eigenvalue weighted by Gasteiger charge is 2.21. The van der Waals surface area contributed by atoms with E-state index in [1.165, 1.54) is 0 Å². The lowest BCUT2D eigenvalue weighted by Gasteiger charge is -2.28. The van der Waals surface area contributed by atoms with Crippen LogP contribution in [-0.2, 0) is 9.53 Å². The maximum absolute atomic E-state index is 11.9. The van der Waals surface area contributed by atoms with E-state index in [2.05, 4.69) is 12.2 Å². The van der Waals surface area contributed by atoms with Crippen LogP contribution in [0.15, 0.2) is 24.3 Å². The molecule has 1 aromatic carbocycles. The highest BCUT2D eigenvalue weighted by atomic mass is 16.5. The molecule has 0 spiro atoms. The van der Waals surface area contributed by atoms with Crippen LogP contribution in [-0.4, -0.2) is 31.8 Å². The molecule has 1 amide bonds. The number of nitrogens with one attached hydrogen (secondary N) is 1. The van der Waals surface area contributed by atoms with Gasteiger partial charge in [0.15, 0.2) is 0 Å². The molecule has 1 heterocycles. The van der Waals surface area contributed by atoms with Gasteiger partial charge in [-0.05, 0) is 49.9 Å². The number of carbonyl (C=O) groups is 1. The number of hydrogen-bond acceptors (Lipinski definition) is 4. The van der Waals surface area contributed by atoms with Gasteiger partial charge >= 0.3 is 0 Å². The number of hydrogen-bond donors (Lipinski definition) is 2. The van der Waals surface area contributed by atoms with Gasteiger partial charge in [-0.25, -0.2) is 0 Å². The van der Waals surface area contributed by atoms with Crippen LogP contribution in [0.2, 0.25) is 0 Å². The summed E-state index contributed by atoms with van der Waals surface area (Å²) in [6.07, 6.45) is 2.39. The van der Waals surface area contributed by atoms with Gasteiger partial charge in [0.1, 0.15) is 5.75 Å². The first-order valence-corrected chi connectivity index (χ1v) is 7.50. The quantitative estimate of drug-likeness (QED) is 0.786. The largest absolute Gasteiger partial charge is 0.493 e. The molecule has 5 nitrogen and oxygen atoms in total. The molecule has 21 heavy (non-hydrogen) atoms. The van der Waals surface area contributed by atoms with Gasteiger partial charge in [0, 0.05) is 24.9 Å². The lowest BCUT2D eigenvalue weighted by molar-refractivity contribution is -0.122. The zero-order valence-electron chi connectivity index (χ0n) is 12.5. The molecule has 0 saturated carbocycles. The average molecular weight is 292 g/mol. The van der Waals surface area contributed by atoms with Gasteiger partial charge in [0.2, 0.25) is 5.91 Å². The summed E-state index contributed by atoms with van der Waals surface area (Å²) in [5.74, 6) is 1.28. The van der Waals surface area contributed by atoms with Gasteiger partial charge in [-0.2, -0.15) is 0 Å². The van der Waals surface area contributed by atoms with Crippen LogP contribution in [0.4, 0.5) is 5.69 Å². The molecular weight excluding hydrogens is 268 g/mol. The minimum absolute atomic E-state index is 0.0319. The summed E-state index contributed by atoms with van der Waals surface area (Å²) in [4.78, 5) is 11.9. The first kappa shape index (κ1) is 15.6. The molecule has 1 aromatic rings. The van der Waals surface area contributed by atoms with Crippen LogP contribution >= 0.6 is 0 Å². The van der Waals surface area contributed by atoms with Crippen LogP contribution in [0, 0.1) is 5.92 Å². The second-order valence-corrected chi connectivity index (χ2v) is 5.47. The average Bonchev–Trinajstić information content (AvgIpc) is 2.50. The van der Waals surface area contributed by atoms with Crippen molar-refractivity contribution in [1.82, 2.24) is 5.32 Å². The summed E-state index contributed by atoms with van der Waals surface area (Å²) in [5.41, 5.74) is 6.30. The second kappa shape index (κ2) is 7.88. The number of nitrogens with two attached hydrogens (primary N) is 1. The van der Waals surface area contributed by atoms with Crippen LogP contribution in [0.1, 0.15) is 26.2 Å². The van der Waals surface area contributed by atoms with E-state index in [9.17, 15) is 4.79 Å². The molecule has 1 fully saturated rings. The van der Waals surface area contributed by atoms with Gasteiger partial charge in [0.05, 0.1) is 13.0 Å². The first-order valence-electron chi connectivity index (χ1n) is 7.50. The van der Waals surface area contributed by atoms with E-state index >= 15 is 0 Å². The molecule has 1 unspecified atom stereocenters. The van der Waals surface area contributed by atoms with E-state index in [-0.39, 0.29) is 11.9 Å². The number of benzene rings is 1. The summed E-state index contributed by atoms with van der Waals surface area (Å²) in [6.45, 7) is 4.03. The summed E-state index contributed by atoms with van der Waals surface area (Å²) in [6, 6.07) is 7.36. The molecule has 1 atom stereocenters. The van der Waals surface area contributed by atoms with E-state index in [0.29, 0.717) is 24.6 Å². The third-order valence-electron chi connectivity index (χ3n) is 3.84. The Bertz CT molecular complexity index is 441. The fourth-order valence-corrected chi connectivity index (χ4v) is 2.49. The zero-order valence-corrected chi connectivity index (χ0v) is 12.5. The molecule has 0 aliphatic carbocycles. The number of ether oxygens (including phenoxy) is 2. The molecule has 0 radical (unpaired) electrons. The van der Waals surface area contributed by atoms with E-state index < -0.39 is 0 Å². The molecule has 1 aliphatic rings. The Kier molecular flexibility index (Phi) is 5.87. The predicted molar refractivity (Wildman–Crippen MR) is 82.1 cm³/mol. The van der Waals surface area contributed by atoms with E-state index in [0.717, 1.165) is 31.8 Å². The number of anilines is 1. The van der Waals surface area contributed by atoms with Gasteiger partial charge in [-0.15, -0.1) is 0 Å². The van der Waals surface area contributed by atoms with E-state index in [1.807, 2.05) is 0 Å². The van der Waals surface area contributed by atoms with Crippen LogP contribution in [0.3, 0.4) is 0 Å². The highest BCUT2D eigenvalue weighted by Crippen LogP contribution is 2.18. The maximum Gasteiger partial charge on any atom is 0.223 e. The molecule has 3 N–H and O–H groups in total. The molecule has 1 saturated heterocycles. The van der Waals surface area contributed by atoms with Crippen molar-refractivity contribution in [3.05, 3.63) is 24.3 Å². The minimum atomic E-state index is 0.0319. The highest BCUT2D eigenvalue weighted by molar-refractivity contribution is 5.76. The molecule has 2 rings (SSSR count). The number of amides is 1. The number of rotatable bonds is 6. The maximum atomic E-state index is 11.9. The zero-order chi connectivity index (χ0) is 15.1. The lowest BCUT2D eigenvalue weighted by Crippen LogP contribution is -2.40. The fraction of sp³-hybridized carbons (Fsp3) is 0.562. The Labute approximate surface area is 125 Å². The minimum Gasteiger partial charge on any atom is -0.493 e. The topological polar surface area (TPSA) is 73.6 Å². The second-order valence-electron chi connectivity index (χ2n) is 5.47. The van der Waals surface area contributed by atoms with Crippen molar-refractivity contribution in [2.24, 2.45) is 5.92 Å². The Morgan fingerprint density at radius 1 is 1.38 bits per heavy atom. The SMILES string of the molecule is CC(NC(=O)CCOc1ccc(N)cc1)C1CCOCC1. The van der Waals surface area contributed by atoms with Crippen LogP contribution in [0.25, 0.3) is 0 Å². The first-order chi connectivity index (χ1) is 10.1. The van der Waals surface area contributed by atoms with Gasteiger partial charge < -0.3 is 20.5 Å². The summed E-state index contributed by atoms with van der Waals surface area (Å²) >= 11 is 0. The summed E-state index contributed by atoms with van der Waals surface area (Å²) in [7, 11) is 0. The van der Waals surface area contributed by atoms with Gasteiger partial charge in [-0.3, -0.25) is 4.79 Å². The molecular formula is C16H24N2O3. The van der Waals surface area contributed by atoms with Crippen molar-refractivity contribution in [3.8, 4) is 5.75 Å². The standard InChI is InChI=1S/C16H24N2O3/c1-12(13-6-9-20-10-7-13)18-16(19)8-11-21-15-4-2-14(17)3-5-15/h2-5,12-13H,6-11,17H2,1H3,(H,18,19). The Morgan fingerprint density at radius 3 is 2.71 bits per heavy atom. The summed E-state index contributed by atoms with van der Waals surface area (Å²) in [5, 5.41) is 3.05. The number of nitrogen functional groups attached to an aromatic ring is 1. The lowest BCUT2D eigenvalue weighted by atomic mass is 9.93. The Balaban J connectivity index is 1.65. The third kappa shape index (κ3) is 5.27. The van der Waals surface area contributed by atoms with Crippen LogP contribution < -0.4 is 15.8 Å². The third-order valence-corrected chi connectivity index (χ3v) is 3.84. The predicted octanol–water partition coefficient (Wildman–Crippen LogP) is 1.97. The van der Waals surface area contributed by atoms with Crippen molar-refractivity contribution in [2.45, 2.75) is 32.2 Å². The smallest absolute Gasteiger partial charge is 0.223 e. The van der Waals surface area contributed by atoms with E-state index in [1.54, 1.807) is 24.3 Å². The van der Waals surface area contributed by atoms with E-state index in [4.69, 9.17) is 15.2 Å². The van der Waals surface area contributed by atoms with Crippen molar-refractivity contribution >= 4 is 11.6 Å². The fourth-order valence-electron chi connectivity index (χ4n) is 2.49. The van der Waals surface area contributed by atoms with Crippen molar-refractivity contribution in [2.75, 3.05) is 25.6 Å². The Morgan fingerprint density at radius 2 is 2.05 bits per heavy atom. The number of carbonyl (C=O) groups excluding carboxylic acids is 1. The molecule has 5 heteroatoms. The molecule has 1 aliphatic heterocycles.